The van der Waals surface area contributed by atoms with Crippen molar-refractivity contribution in [1.82, 2.24) is 9.55 Å². The van der Waals surface area contributed by atoms with Crippen molar-refractivity contribution in [3.8, 4) is 0 Å². The molecule has 0 radical (unpaired) electrons. The molecule has 138 valence electrons. The second kappa shape index (κ2) is 7.91. The number of rotatable bonds is 4. The predicted molar refractivity (Wildman–Crippen MR) is 104 cm³/mol. The summed E-state index contributed by atoms with van der Waals surface area (Å²) >= 11 is 5.87. The largest absolute Gasteiger partial charge is 0.342 e. The summed E-state index contributed by atoms with van der Waals surface area (Å²) in [5, 5.41) is 3.41. The van der Waals surface area contributed by atoms with E-state index in [1.165, 1.54) is 11.0 Å². The number of amides is 1. The molecule has 0 atom stereocenters. The lowest BCUT2D eigenvalue weighted by atomic mass is 10.1. The van der Waals surface area contributed by atoms with Crippen LogP contribution in [-0.4, -0.2) is 28.5 Å². The highest BCUT2D eigenvalue weighted by molar-refractivity contribution is 6.30. The number of carbonyl (C=O) groups is 1. The van der Waals surface area contributed by atoms with Crippen LogP contribution >= 0.6 is 11.6 Å². The molecule has 7 heteroatoms. The zero-order chi connectivity index (χ0) is 18.7. The number of benzene rings is 1. The van der Waals surface area contributed by atoms with Gasteiger partial charge in [0, 0.05) is 35.1 Å². The topological polar surface area (TPSA) is 67.2 Å². The fourth-order valence-electron chi connectivity index (χ4n) is 3.10. The minimum absolute atomic E-state index is 0.0680. The number of anilines is 2. The van der Waals surface area contributed by atoms with E-state index in [1.54, 1.807) is 31.2 Å². The first kappa shape index (κ1) is 18.5. The van der Waals surface area contributed by atoms with E-state index in [1.807, 2.05) is 6.92 Å². The van der Waals surface area contributed by atoms with Crippen LogP contribution in [0, 0.1) is 13.8 Å². The highest BCUT2D eigenvalue weighted by Crippen LogP contribution is 2.18. The molecule has 2 heterocycles. The highest BCUT2D eigenvalue weighted by atomic mass is 35.5. The molecule has 1 amide bonds. The summed E-state index contributed by atoms with van der Waals surface area (Å²) in [5.41, 5.74) is 1.77. The number of nitrogens with one attached hydrogen (secondary N) is 1. The lowest BCUT2D eigenvalue weighted by molar-refractivity contribution is -0.116. The van der Waals surface area contributed by atoms with Crippen molar-refractivity contribution < 1.29 is 4.79 Å². The number of nitrogens with zero attached hydrogens (tertiary/aromatic N) is 3. The molecule has 1 aromatic heterocycles. The quantitative estimate of drug-likeness (QED) is 0.892. The number of hydrogen-bond acceptors (Lipinski definition) is 4. The van der Waals surface area contributed by atoms with Crippen LogP contribution in [0.4, 0.5) is 11.6 Å². The minimum Gasteiger partial charge on any atom is -0.342 e. The van der Waals surface area contributed by atoms with Gasteiger partial charge in [-0.2, -0.15) is 0 Å². The fraction of sp³-hybridized carbons (Fsp3) is 0.421. The Morgan fingerprint density at radius 3 is 2.46 bits per heavy atom. The molecule has 1 aromatic carbocycles. The number of aromatic nitrogens is 2. The van der Waals surface area contributed by atoms with E-state index in [0.29, 0.717) is 27.9 Å². The van der Waals surface area contributed by atoms with Gasteiger partial charge in [0.05, 0.1) is 0 Å². The molecule has 1 N–H and O–H groups in total. The van der Waals surface area contributed by atoms with Crippen molar-refractivity contribution in [1.29, 1.82) is 0 Å². The molecular formula is C19H23ClN4O2. The molecule has 0 aliphatic carbocycles. The maximum absolute atomic E-state index is 12.8. The van der Waals surface area contributed by atoms with Crippen molar-refractivity contribution in [3.05, 3.63) is 50.9 Å². The van der Waals surface area contributed by atoms with E-state index in [4.69, 9.17) is 11.6 Å². The highest BCUT2D eigenvalue weighted by Gasteiger charge is 2.20. The Hall–Kier alpha value is -2.34. The monoisotopic (exact) mass is 374 g/mol. The number of carbonyl (C=O) groups excluding carboxylic acids is 1. The summed E-state index contributed by atoms with van der Waals surface area (Å²) in [6.07, 6.45) is 3.32. The SMILES string of the molecule is Cc1nc(N2CCCCC2)n(CC(=O)Nc2ccc(Cl)cc2)c(=O)c1C. The molecule has 1 fully saturated rings. The van der Waals surface area contributed by atoms with Crippen LogP contribution in [-0.2, 0) is 11.3 Å². The van der Waals surface area contributed by atoms with E-state index in [2.05, 4.69) is 15.2 Å². The van der Waals surface area contributed by atoms with E-state index >= 15 is 0 Å². The summed E-state index contributed by atoms with van der Waals surface area (Å²) in [7, 11) is 0. The van der Waals surface area contributed by atoms with Gasteiger partial charge in [0.1, 0.15) is 6.54 Å². The van der Waals surface area contributed by atoms with Crippen molar-refractivity contribution in [2.24, 2.45) is 0 Å². The number of aryl methyl sites for hydroxylation is 1. The van der Waals surface area contributed by atoms with E-state index in [0.717, 1.165) is 25.9 Å². The Kier molecular flexibility index (Phi) is 5.61. The lowest BCUT2D eigenvalue weighted by Crippen LogP contribution is -2.39. The first-order chi connectivity index (χ1) is 12.5. The lowest BCUT2D eigenvalue weighted by Gasteiger charge is -2.30. The van der Waals surface area contributed by atoms with Gasteiger partial charge in [-0.1, -0.05) is 11.6 Å². The van der Waals surface area contributed by atoms with Gasteiger partial charge in [0.15, 0.2) is 0 Å². The van der Waals surface area contributed by atoms with Gasteiger partial charge in [-0.25, -0.2) is 4.98 Å². The molecule has 0 spiro atoms. The minimum atomic E-state index is -0.266. The molecule has 0 unspecified atom stereocenters. The Balaban J connectivity index is 1.87. The summed E-state index contributed by atoms with van der Waals surface area (Å²) < 4.78 is 1.49. The molecule has 1 aliphatic rings. The second-order valence-corrected chi connectivity index (χ2v) is 7.05. The predicted octanol–water partition coefficient (Wildman–Crippen LogP) is 3.14. The summed E-state index contributed by atoms with van der Waals surface area (Å²) in [5.74, 6) is 0.321. The third-order valence-corrected chi connectivity index (χ3v) is 4.94. The molecule has 2 aromatic rings. The summed E-state index contributed by atoms with van der Waals surface area (Å²) in [6.45, 7) is 5.23. The first-order valence-corrected chi connectivity index (χ1v) is 9.22. The molecule has 3 rings (SSSR count). The molecular weight excluding hydrogens is 352 g/mol. The van der Waals surface area contributed by atoms with Crippen molar-refractivity contribution in [2.45, 2.75) is 39.7 Å². The second-order valence-electron chi connectivity index (χ2n) is 6.62. The maximum Gasteiger partial charge on any atom is 0.258 e. The Bertz CT molecular complexity index is 855. The van der Waals surface area contributed by atoms with Crippen LogP contribution in [0.15, 0.2) is 29.1 Å². The van der Waals surface area contributed by atoms with Gasteiger partial charge < -0.3 is 10.2 Å². The fourth-order valence-corrected chi connectivity index (χ4v) is 3.22. The molecule has 0 bridgehead atoms. The normalized spacial score (nSPS) is 14.3. The number of hydrogen-bond donors (Lipinski definition) is 1. The average Bonchev–Trinajstić information content (AvgIpc) is 2.64. The summed E-state index contributed by atoms with van der Waals surface area (Å²) in [6, 6.07) is 6.88. The standard InChI is InChI=1S/C19H23ClN4O2/c1-13-14(2)21-19(23-10-4-3-5-11-23)24(18(13)26)12-17(25)22-16-8-6-15(20)7-9-16/h6-9H,3-5,10-12H2,1-2H3,(H,22,25). The van der Waals surface area contributed by atoms with Gasteiger partial charge in [-0.15, -0.1) is 0 Å². The van der Waals surface area contributed by atoms with Crippen LogP contribution < -0.4 is 15.8 Å². The number of piperidine rings is 1. The zero-order valence-corrected chi connectivity index (χ0v) is 15.8. The number of halogens is 1. The summed E-state index contributed by atoms with van der Waals surface area (Å²) in [4.78, 5) is 32.0. The van der Waals surface area contributed by atoms with Crippen LogP contribution in [0.1, 0.15) is 30.5 Å². The van der Waals surface area contributed by atoms with Gasteiger partial charge >= 0.3 is 0 Å². The van der Waals surface area contributed by atoms with Crippen LogP contribution in [0.25, 0.3) is 0 Å². The molecule has 1 saturated heterocycles. The molecule has 26 heavy (non-hydrogen) atoms. The van der Waals surface area contributed by atoms with Crippen molar-refractivity contribution in [3.63, 3.8) is 0 Å². The molecule has 1 aliphatic heterocycles. The Labute approximate surface area is 157 Å². The van der Waals surface area contributed by atoms with Gasteiger partial charge in [0.25, 0.3) is 5.56 Å². The van der Waals surface area contributed by atoms with E-state index < -0.39 is 0 Å². The third kappa shape index (κ3) is 4.07. The van der Waals surface area contributed by atoms with Crippen LogP contribution in [0.5, 0.6) is 0 Å². The van der Waals surface area contributed by atoms with Crippen molar-refractivity contribution in [2.75, 3.05) is 23.3 Å². The van der Waals surface area contributed by atoms with Crippen molar-refractivity contribution >= 4 is 29.1 Å². The Morgan fingerprint density at radius 1 is 1.15 bits per heavy atom. The van der Waals surface area contributed by atoms with Gasteiger partial charge in [-0.05, 0) is 57.4 Å². The smallest absolute Gasteiger partial charge is 0.258 e. The van der Waals surface area contributed by atoms with E-state index in [9.17, 15) is 9.59 Å². The van der Waals surface area contributed by atoms with Crippen LogP contribution in [0.2, 0.25) is 5.02 Å². The van der Waals surface area contributed by atoms with E-state index in [-0.39, 0.29) is 18.0 Å². The van der Waals surface area contributed by atoms with Gasteiger partial charge in [-0.3, -0.25) is 14.2 Å². The maximum atomic E-state index is 12.8. The Morgan fingerprint density at radius 2 is 1.81 bits per heavy atom. The molecule has 6 nitrogen and oxygen atoms in total. The first-order valence-electron chi connectivity index (χ1n) is 8.84. The molecule has 0 saturated carbocycles. The zero-order valence-electron chi connectivity index (χ0n) is 15.1. The van der Waals surface area contributed by atoms with Gasteiger partial charge in [0.2, 0.25) is 11.9 Å². The van der Waals surface area contributed by atoms with Crippen LogP contribution in [0.3, 0.4) is 0 Å². The average molecular weight is 375 g/mol. The third-order valence-electron chi connectivity index (χ3n) is 4.69.